The van der Waals surface area contributed by atoms with Crippen LogP contribution in [0.2, 0.25) is 0 Å². The zero-order valence-electron chi connectivity index (χ0n) is 15.9. The lowest BCUT2D eigenvalue weighted by molar-refractivity contribution is -0.384. The van der Waals surface area contributed by atoms with Gasteiger partial charge in [-0.2, -0.15) is 0 Å². The van der Waals surface area contributed by atoms with E-state index in [9.17, 15) is 14.9 Å². The fourth-order valence-electron chi connectivity index (χ4n) is 3.18. The van der Waals surface area contributed by atoms with Gasteiger partial charge in [0.1, 0.15) is 12.8 Å². The van der Waals surface area contributed by atoms with E-state index in [1.54, 1.807) is 17.0 Å². The molecule has 146 valence electrons. The molecular formula is C20H22N4O4. The lowest BCUT2D eigenvalue weighted by atomic mass is 10.1. The highest BCUT2D eigenvalue weighted by Gasteiger charge is 2.26. The normalized spacial score (nSPS) is 14.4. The van der Waals surface area contributed by atoms with Crippen molar-refractivity contribution in [2.45, 2.75) is 6.92 Å². The molecule has 0 N–H and O–H groups in total. The molecule has 1 amide bonds. The van der Waals surface area contributed by atoms with Crippen molar-refractivity contribution < 1.29 is 14.6 Å². The van der Waals surface area contributed by atoms with Crippen LogP contribution < -0.4 is 4.90 Å². The summed E-state index contributed by atoms with van der Waals surface area (Å²) in [6.07, 6.45) is 1.43. The molecule has 3 rings (SSSR count). The Kier molecular flexibility index (Phi) is 5.88. The summed E-state index contributed by atoms with van der Waals surface area (Å²) in [5.74, 6) is -0.0136. The Morgan fingerprint density at radius 1 is 1.14 bits per heavy atom. The number of anilines is 1. The molecule has 8 nitrogen and oxygen atoms in total. The molecule has 0 atom stereocenters. The van der Waals surface area contributed by atoms with Crippen LogP contribution in [0.5, 0.6) is 0 Å². The second kappa shape index (κ2) is 8.51. The molecule has 0 spiro atoms. The monoisotopic (exact) mass is 382 g/mol. The number of rotatable bonds is 5. The molecule has 1 aliphatic rings. The van der Waals surface area contributed by atoms with Gasteiger partial charge in [0.15, 0.2) is 0 Å². The van der Waals surface area contributed by atoms with Gasteiger partial charge in [-0.05, 0) is 25.1 Å². The SMILES string of the molecule is CON=Cc1ccc(N2CCN(C(=O)c3ccc(C)cc3)CC2)c([N+](=O)[O-])c1. The lowest BCUT2D eigenvalue weighted by Crippen LogP contribution is -2.49. The number of piperazine rings is 1. The van der Waals surface area contributed by atoms with Gasteiger partial charge in [-0.1, -0.05) is 28.9 Å². The van der Waals surface area contributed by atoms with Crippen LogP contribution in [0.15, 0.2) is 47.6 Å². The molecule has 1 heterocycles. The number of amides is 1. The first kappa shape index (κ1) is 19.3. The first-order valence-electron chi connectivity index (χ1n) is 8.95. The largest absolute Gasteiger partial charge is 0.399 e. The first-order valence-corrected chi connectivity index (χ1v) is 8.95. The third-order valence-corrected chi connectivity index (χ3v) is 4.71. The molecule has 1 saturated heterocycles. The summed E-state index contributed by atoms with van der Waals surface area (Å²) in [4.78, 5) is 32.1. The second-order valence-electron chi connectivity index (χ2n) is 6.57. The van der Waals surface area contributed by atoms with Crippen molar-refractivity contribution in [3.63, 3.8) is 0 Å². The van der Waals surface area contributed by atoms with Crippen LogP contribution in [0.4, 0.5) is 11.4 Å². The minimum Gasteiger partial charge on any atom is -0.399 e. The van der Waals surface area contributed by atoms with E-state index in [1.807, 2.05) is 36.1 Å². The minimum atomic E-state index is -0.399. The Bertz CT molecular complexity index is 888. The fraction of sp³-hybridized carbons (Fsp3) is 0.300. The van der Waals surface area contributed by atoms with E-state index < -0.39 is 4.92 Å². The van der Waals surface area contributed by atoms with E-state index in [1.165, 1.54) is 19.4 Å². The molecule has 0 unspecified atom stereocenters. The Balaban J connectivity index is 1.72. The maximum atomic E-state index is 12.6. The standard InChI is InChI=1S/C20H22N4O4/c1-15-3-6-17(7-4-15)20(25)23-11-9-22(10-12-23)18-8-5-16(14-21-28-2)13-19(18)24(26)27/h3-8,13-14H,9-12H2,1-2H3. The molecule has 0 aromatic heterocycles. The fourth-order valence-corrected chi connectivity index (χ4v) is 3.18. The number of aryl methyl sites for hydroxylation is 1. The number of carbonyl (C=O) groups is 1. The summed E-state index contributed by atoms with van der Waals surface area (Å²) in [7, 11) is 1.41. The van der Waals surface area contributed by atoms with Gasteiger partial charge in [0.05, 0.1) is 11.1 Å². The van der Waals surface area contributed by atoms with Gasteiger partial charge in [0.25, 0.3) is 11.6 Å². The van der Waals surface area contributed by atoms with Crippen molar-refractivity contribution in [1.29, 1.82) is 0 Å². The third-order valence-electron chi connectivity index (χ3n) is 4.71. The van der Waals surface area contributed by atoms with Crippen LogP contribution in [-0.4, -0.2) is 55.2 Å². The highest BCUT2D eigenvalue weighted by molar-refractivity contribution is 5.94. The quantitative estimate of drug-likeness (QED) is 0.451. The molecule has 0 aliphatic carbocycles. The van der Waals surface area contributed by atoms with Crippen molar-refractivity contribution >= 4 is 23.5 Å². The van der Waals surface area contributed by atoms with E-state index in [4.69, 9.17) is 0 Å². The highest BCUT2D eigenvalue weighted by Crippen LogP contribution is 2.30. The van der Waals surface area contributed by atoms with Crippen LogP contribution in [0.3, 0.4) is 0 Å². The number of hydrogen-bond acceptors (Lipinski definition) is 6. The molecule has 0 radical (unpaired) electrons. The van der Waals surface area contributed by atoms with E-state index in [-0.39, 0.29) is 11.6 Å². The van der Waals surface area contributed by atoms with Crippen molar-refractivity contribution in [2.75, 3.05) is 38.2 Å². The number of benzene rings is 2. The van der Waals surface area contributed by atoms with Crippen molar-refractivity contribution in [3.05, 3.63) is 69.3 Å². The molecule has 0 bridgehead atoms. The van der Waals surface area contributed by atoms with Crippen LogP contribution >= 0.6 is 0 Å². The molecule has 0 saturated carbocycles. The van der Waals surface area contributed by atoms with Crippen LogP contribution in [-0.2, 0) is 4.84 Å². The van der Waals surface area contributed by atoms with E-state index in [0.717, 1.165) is 5.56 Å². The number of nitrogens with zero attached hydrogens (tertiary/aromatic N) is 4. The smallest absolute Gasteiger partial charge is 0.293 e. The molecule has 2 aromatic rings. The lowest BCUT2D eigenvalue weighted by Gasteiger charge is -2.35. The van der Waals surface area contributed by atoms with Crippen LogP contribution in [0, 0.1) is 17.0 Å². The molecule has 1 fully saturated rings. The molecular weight excluding hydrogens is 360 g/mol. The van der Waals surface area contributed by atoms with E-state index in [0.29, 0.717) is 43.0 Å². The van der Waals surface area contributed by atoms with Crippen molar-refractivity contribution in [1.82, 2.24) is 4.90 Å². The summed E-state index contributed by atoms with van der Waals surface area (Å²) in [5.41, 5.74) is 2.91. The maximum Gasteiger partial charge on any atom is 0.293 e. The average molecular weight is 382 g/mol. The maximum absolute atomic E-state index is 12.6. The van der Waals surface area contributed by atoms with Crippen LogP contribution in [0.1, 0.15) is 21.5 Å². The zero-order valence-corrected chi connectivity index (χ0v) is 15.9. The van der Waals surface area contributed by atoms with Crippen molar-refractivity contribution in [2.24, 2.45) is 5.16 Å². The van der Waals surface area contributed by atoms with E-state index >= 15 is 0 Å². The number of carbonyl (C=O) groups excluding carboxylic acids is 1. The van der Waals surface area contributed by atoms with Gasteiger partial charge in [-0.3, -0.25) is 14.9 Å². The molecule has 2 aromatic carbocycles. The first-order chi connectivity index (χ1) is 13.5. The van der Waals surface area contributed by atoms with E-state index in [2.05, 4.69) is 9.99 Å². The Morgan fingerprint density at radius 2 is 1.82 bits per heavy atom. The number of nitro benzene ring substituents is 1. The Morgan fingerprint density at radius 3 is 2.43 bits per heavy atom. The Labute approximate surface area is 163 Å². The topological polar surface area (TPSA) is 88.3 Å². The van der Waals surface area contributed by atoms with Gasteiger partial charge in [0, 0.05) is 43.4 Å². The average Bonchev–Trinajstić information content (AvgIpc) is 2.72. The molecule has 1 aliphatic heterocycles. The summed E-state index contributed by atoms with van der Waals surface area (Å²) in [6, 6.07) is 12.4. The van der Waals surface area contributed by atoms with Gasteiger partial charge in [-0.25, -0.2) is 0 Å². The Hall–Kier alpha value is -3.42. The van der Waals surface area contributed by atoms with Gasteiger partial charge in [0.2, 0.25) is 0 Å². The molecule has 28 heavy (non-hydrogen) atoms. The van der Waals surface area contributed by atoms with Crippen molar-refractivity contribution in [3.8, 4) is 0 Å². The summed E-state index contributed by atoms with van der Waals surface area (Å²) >= 11 is 0. The minimum absolute atomic E-state index is 0.0124. The van der Waals surface area contributed by atoms with Gasteiger partial charge in [-0.15, -0.1) is 0 Å². The summed E-state index contributed by atoms with van der Waals surface area (Å²) in [6.45, 7) is 4.06. The predicted molar refractivity (Wildman–Crippen MR) is 107 cm³/mol. The molecule has 8 heteroatoms. The second-order valence-corrected chi connectivity index (χ2v) is 6.57. The number of nitro groups is 1. The van der Waals surface area contributed by atoms with Gasteiger partial charge < -0.3 is 14.6 Å². The summed E-state index contributed by atoms with van der Waals surface area (Å²) < 4.78 is 0. The predicted octanol–water partition coefficient (Wildman–Crippen LogP) is 2.85. The van der Waals surface area contributed by atoms with Gasteiger partial charge >= 0.3 is 0 Å². The zero-order chi connectivity index (χ0) is 20.1. The van der Waals surface area contributed by atoms with Crippen LogP contribution in [0.25, 0.3) is 0 Å². The number of oxime groups is 1. The summed E-state index contributed by atoms with van der Waals surface area (Å²) in [5, 5.41) is 15.2. The number of hydrogen-bond donors (Lipinski definition) is 0. The third kappa shape index (κ3) is 4.28. The highest BCUT2D eigenvalue weighted by atomic mass is 16.6.